The van der Waals surface area contributed by atoms with Gasteiger partial charge in [-0.3, -0.25) is 9.78 Å². The van der Waals surface area contributed by atoms with E-state index in [1.165, 1.54) is 24.5 Å². The number of hydrogen-bond acceptors (Lipinski definition) is 2. The third-order valence-corrected chi connectivity index (χ3v) is 2.45. The summed E-state index contributed by atoms with van der Waals surface area (Å²) in [5.74, 6) is -0.797. The zero-order chi connectivity index (χ0) is 11.5. The average Bonchev–Trinajstić information content (AvgIpc) is 2.32. The maximum atomic E-state index is 13.0. The van der Waals surface area contributed by atoms with E-state index in [4.69, 9.17) is 11.6 Å². The Morgan fingerprint density at radius 3 is 2.56 bits per heavy atom. The van der Waals surface area contributed by atoms with Gasteiger partial charge >= 0.3 is 0 Å². The van der Waals surface area contributed by atoms with E-state index in [9.17, 15) is 9.18 Å². The molecule has 16 heavy (non-hydrogen) atoms. The Bertz CT molecular complexity index is 528. The van der Waals surface area contributed by atoms with Crippen LogP contribution in [0.25, 0.3) is 0 Å². The highest BCUT2D eigenvalue weighted by Crippen LogP contribution is 2.20. The first-order chi connectivity index (χ1) is 7.68. The molecule has 2 aromatic rings. The van der Waals surface area contributed by atoms with Crippen molar-refractivity contribution in [3.05, 3.63) is 64.7 Å². The predicted molar refractivity (Wildman–Crippen MR) is 59.1 cm³/mol. The van der Waals surface area contributed by atoms with Gasteiger partial charge in [0.25, 0.3) is 0 Å². The van der Waals surface area contributed by atoms with Crippen molar-refractivity contribution in [2.75, 3.05) is 0 Å². The van der Waals surface area contributed by atoms with Gasteiger partial charge in [-0.1, -0.05) is 11.6 Å². The lowest BCUT2D eigenvalue weighted by Crippen LogP contribution is -2.02. The number of hydrogen-bond donors (Lipinski definition) is 0. The van der Waals surface area contributed by atoms with Crippen LogP contribution in [-0.4, -0.2) is 10.8 Å². The summed E-state index contributed by atoms with van der Waals surface area (Å²) in [6.45, 7) is 0. The number of nitrogens with zero attached hydrogens (tertiary/aromatic N) is 1. The van der Waals surface area contributed by atoms with E-state index in [0.29, 0.717) is 5.56 Å². The molecule has 0 amide bonds. The van der Waals surface area contributed by atoms with Gasteiger partial charge in [-0.05, 0) is 30.3 Å². The molecule has 0 aliphatic carbocycles. The monoisotopic (exact) mass is 235 g/mol. The fourth-order valence-electron chi connectivity index (χ4n) is 1.33. The molecule has 4 heteroatoms. The second-order valence-electron chi connectivity index (χ2n) is 3.19. The van der Waals surface area contributed by atoms with Crippen molar-refractivity contribution in [3.8, 4) is 0 Å². The molecule has 1 aromatic carbocycles. The quantitative estimate of drug-likeness (QED) is 0.749. The number of aromatic nitrogens is 1. The van der Waals surface area contributed by atoms with Crippen molar-refractivity contribution in [2.45, 2.75) is 0 Å². The molecule has 80 valence electrons. The topological polar surface area (TPSA) is 30.0 Å². The second-order valence-corrected chi connectivity index (χ2v) is 3.60. The van der Waals surface area contributed by atoms with Gasteiger partial charge in [0.15, 0.2) is 5.78 Å². The van der Waals surface area contributed by atoms with Crippen LogP contribution in [0.2, 0.25) is 5.02 Å². The lowest BCUT2D eigenvalue weighted by atomic mass is 10.0. The Balaban J connectivity index is 2.46. The molecule has 0 saturated carbocycles. The maximum Gasteiger partial charge on any atom is 0.194 e. The Labute approximate surface area is 96.7 Å². The highest BCUT2D eigenvalue weighted by molar-refractivity contribution is 6.34. The molecule has 0 unspecified atom stereocenters. The Morgan fingerprint density at radius 2 is 1.88 bits per heavy atom. The van der Waals surface area contributed by atoms with Crippen molar-refractivity contribution in [3.63, 3.8) is 0 Å². The van der Waals surface area contributed by atoms with Gasteiger partial charge in [0.05, 0.1) is 5.02 Å². The van der Waals surface area contributed by atoms with Crippen LogP contribution in [0.3, 0.4) is 0 Å². The SMILES string of the molecule is O=C(c1ccncc1)c1cc(F)ccc1Cl. The van der Waals surface area contributed by atoms with Crippen LogP contribution in [0.4, 0.5) is 4.39 Å². The van der Waals surface area contributed by atoms with E-state index in [0.717, 1.165) is 6.07 Å². The van der Waals surface area contributed by atoms with E-state index in [-0.39, 0.29) is 16.4 Å². The molecule has 1 aromatic heterocycles. The summed E-state index contributed by atoms with van der Waals surface area (Å²) in [5, 5.41) is 0.239. The smallest absolute Gasteiger partial charge is 0.194 e. The van der Waals surface area contributed by atoms with Gasteiger partial charge in [0.2, 0.25) is 0 Å². The summed E-state index contributed by atoms with van der Waals surface area (Å²) >= 11 is 5.84. The van der Waals surface area contributed by atoms with E-state index in [1.807, 2.05) is 0 Å². The Kier molecular flexibility index (Phi) is 2.97. The molecule has 0 N–H and O–H groups in total. The van der Waals surface area contributed by atoms with Crippen molar-refractivity contribution >= 4 is 17.4 Å². The number of carbonyl (C=O) groups is 1. The average molecular weight is 236 g/mol. The van der Waals surface area contributed by atoms with Crippen LogP contribution in [0, 0.1) is 5.82 Å². The van der Waals surface area contributed by atoms with E-state index in [2.05, 4.69) is 4.98 Å². The van der Waals surface area contributed by atoms with E-state index in [1.54, 1.807) is 12.1 Å². The molecular weight excluding hydrogens is 229 g/mol. The fourth-order valence-corrected chi connectivity index (χ4v) is 1.53. The molecule has 0 fully saturated rings. The molecule has 0 spiro atoms. The largest absolute Gasteiger partial charge is 0.289 e. The van der Waals surface area contributed by atoms with Crippen molar-refractivity contribution < 1.29 is 9.18 Å². The van der Waals surface area contributed by atoms with Gasteiger partial charge in [-0.2, -0.15) is 0 Å². The van der Waals surface area contributed by atoms with Crippen molar-refractivity contribution in [1.29, 1.82) is 0 Å². The molecule has 1 heterocycles. The summed E-state index contributed by atoms with van der Waals surface area (Å²) < 4.78 is 13.0. The molecular formula is C12H7ClFNO. The van der Waals surface area contributed by atoms with E-state index >= 15 is 0 Å². The minimum absolute atomic E-state index is 0.160. The number of halogens is 2. The van der Waals surface area contributed by atoms with Gasteiger partial charge in [-0.25, -0.2) is 4.39 Å². The van der Waals surface area contributed by atoms with Crippen LogP contribution >= 0.6 is 11.6 Å². The Morgan fingerprint density at radius 1 is 1.19 bits per heavy atom. The first-order valence-electron chi connectivity index (χ1n) is 4.58. The van der Waals surface area contributed by atoms with Crippen molar-refractivity contribution in [1.82, 2.24) is 4.98 Å². The van der Waals surface area contributed by atoms with Gasteiger partial charge in [0, 0.05) is 23.5 Å². The van der Waals surface area contributed by atoms with Crippen molar-refractivity contribution in [2.24, 2.45) is 0 Å². The molecule has 0 aliphatic rings. The maximum absolute atomic E-state index is 13.0. The number of ketones is 1. The minimum Gasteiger partial charge on any atom is -0.289 e. The zero-order valence-electron chi connectivity index (χ0n) is 8.15. The summed E-state index contributed by atoms with van der Waals surface area (Å²) in [6, 6.07) is 6.83. The molecule has 0 saturated heterocycles. The summed E-state index contributed by atoms with van der Waals surface area (Å²) in [7, 11) is 0. The van der Waals surface area contributed by atoms with Crippen LogP contribution in [0.1, 0.15) is 15.9 Å². The van der Waals surface area contributed by atoms with Crippen LogP contribution in [0.5, 0.6) is 0 Å². The summed E-state index contributed by atoms with van der Waals surface area (Å²) in [5.41, 5.74) is 0.593. The molecule has 2 rings (SSSR count). The normalized spacial score (nSPS) is 10.1. The highest BCUT2D eigenvalue weighted by Gasteiger charge is 2.13. The lowest BCUT2D eigenvalue weighted by Gasteiger charge is -2.03. The minimum atomic E-state index is -0.484. The van der Waals surface area contributed by atoms with Crippen LogP contribution < -0.4 is 0 Å². The van der Waals surface area contributed by atoms with Gasteiger partial charge in [0.1, 0.15) is 5.82 Å². The Hall–Kier alpha value is -1.74. The first kappa shape index (κ1) is 10.8. The summed E-state index contributed by atoms with van der Waals surface area (Å²) in [6.07, 6.45) is 3.00. The first-order valence-corrected chi connectivity index (χ1v) is 4.96. The van der Waals surface area contributed by atoms with Gasteiger partial charge in [-0.15, -0.1) is 0 Å². The van der Waals surface area contributed by atoms with Crippen LogP contribution in [0.15, 0.2) is 42.7 Å². The predicted octanol–water partition coefficient (Wildman–Crippen LogP) is 3.11. The fraction of sp³-hybridized carbons (Fsp3) is 0. The molecule has 0 bridgehead atoms. The molecule has 0 aliphatic heterocycles. The summed E-state index contributed by atoms with van der Waals surface area (Å²) in [4.78, 5) is 15.7. The van der Waals surface area contributed by atoms with Crippen LogP contribution in [-0.2, 0) is 0 Å². The lowest BCUT2D eigenvalue weighted by molar-refractivity contribution is 0.103. The molecule has 0 radical (unpaired) electrons. The standard InChI is InChI=1S/C12H7ClFNO/c13-11-2-1-9(14)7-10(11)12(16)8-3-5-15-6-4-8/h1-7H. The molecule has 2 nitrogen and oxygen atoms in total. The molecule has 0 atom stereocenters. The number of rotatable bonds is 2. The third kappa shape index (κ3) is 2.09. The number of carbonyl (C=O) groups excluding carboxylic acids is 1. The number of pyridine rings is 1. The third-order valence-electron chi connectivity index (χ3n) is 2.12. The highest BCUT2D eigenvalue weighted by atomic mass is 35.5. The second kappa shape index (κ2) is 4.41. The van der Waals surface area contributed by atoms with E-state index < -0.39 is 5.82 Å². The number of benzene rings is 1. The zero-order valence-corrected chi connectivity index (χ0v) is 8.91. The van der Waals surface area contributed by atoms with Gasteiger partial charge < -0.3 is 0 Å².